The van der Waals surface area contributed by atoms with Crippen molar-refractivity contribution in [3.63, 3.8) is 0 Å². The number of halogens is 1. The van der Waals surface area contributed by atoms with Crippen LogP contribution >= 0.6 is 19.4 Å². The van der Waals surface area contributed by atoms with Gasteiger partial charge in [-0.25, -0.2) is 9.56 Å². The van der Waals surface area contributed by atoms with Gasteiger partial charge in [0.2, 0.25) is 0 Å². The average molecular weight is 614 g/mol. The molecule has 0 spiro atoms. The molecule has 42 heavy (non-hydrogen) atoms. The molecule has 1 unspecified atom stereocenters. The first-order chi connectivity index (χ1) is 19.6. The number of phosphoric ester groups is 1. The van der Waals surface area contributed by atoms with Crippen LogP contribution in [0.15, 0.2) is 77.8 Å². The molecule has 0 saturated carbocycles. The fraction of sp³-hybridized carbons (Fsp3) is 0.424. The predicted molar refractivity (Wildman–Crippen MR) is 169 cm³/mol. The first-order valence-corrected chi connectivity index (χ1v) is 15.9. The van der Waals surface area contributed by atoms with Gasteiger partial charge in [0, 0.05) is 11.9 Å². The molecule has 1 aliphatic heterocycles. The summed E-state index contributed by atoms with van der Waals surface area (Å²) in [6, 6.07) is 23.7. The molecule has 3 aromatic carbocycles. The maximum Gasteiger partial charge on any atom is 0.475 e. The Kier molecular flexibility index (Phi) is 9.91. The molecule has 3 aromatic rings. The number of hydrogen-bond acceptors (Lipinski definition) is 7. The van der Waals surface area contributed by atoms with Gasteiger partial charge in [0.05, 0.1) is 17.8 Å². The summed E-state index contributed by atoms with van der Waals surface area (Å²) >= 11 is 6.76. The molecule has 0 radical (unpaired) electrons. The molecular weight excluding hydrogens is 573 g/mol. The second-order valence-corrected chi connectivity index (χ2v) is 14.4. The fourth-order valence-electron chi connectivity index (χ4n) is 4.49. The molecule has 1 heterocycles. The summed E-state index contributed by atoms with van der Waals surface area (Å²) in [4.78, 5) is 4.75. The molecule has 4 rings (SSSR count). The minimum Gasteiger partial charge on any atom is -0.479 e. The van der Waals surface area contributed by atoms with Gasteiger partial charge in [-0.2, -0.15) is 0 Å². The molecule has 0 N–H and O–H groups in total. The summed E-state index contributed by atoms with van der Waals surface area (Å²) in [6.45, 7) is 13.0. The first kappa shape index (κ1) is 32.2. The van der Waals surface area contributed by atoms with Crippen LogP contribution in [0.4, 0.5) is 0 Å². The van der Waals surface area contributed by atoms with E-state index >= 15 is 0 Å². The van der Waals surface area contributed by atoms with Gasteiger partial charge in [-0.3, -0.25) is 13.6 Å². The van der Waals surface area contributed by atoms with Crippen molar-refractivity contribution >= 4 is 25.3 Å². The van der Waals surface area contributed by atoms with E-state index in [1.165, 1.54) is 0 Å². The maximum absolute atomic E-state index is 13.7. The van der Waals surface area contributed by atoms with Crippen molar-refractivity contribution in [3.05, 3.63) is 83.4 Å². The maximum atomic E-state index is 13.7. The largest absolute Gasteiger partial charge is 0.479 e. The van der Waals surface area contributed by atoms with Crippen molar-refractivity contribution in [3.8, 4) is 22.6 Å². The standard InChI is InChI=1S/C33H41ClNO6P/c1-24-35-33(22-37-24,23-38-42(36,40-31(2,3)4)41-32(5,6)7)20-19-26-13-14-27(21-30(26)34)25-15-17-29(18-16-25)39-28-11-9-8-10-12-28/h8-18,21H,19-20,22-23H2,1-7H3. The smallest absolute Gasteiger partial charge is 0.475 e. The Morgan fingerprint density at radius 1 is 0.881 bits per heavy atom. The monoisotopic (exact) mass is 613 g/mol. The van der Waals surface area contributed by atoms with Crippen molar-refractivity contribution in [2.24, 2.45) is 4.99 Å². The molecule has 1 atom stereocenters. The molecule has 0 fully saturated rings. The number of ether oxygens (including phenoxy) is 2. The number of hydrogen-bond donors (Lipinski definition) is 0. The minimum absolute atomic E-state index is 0.0148. The van der Waals surface area contributed by atoms with E-state index in [9.17, 15) is 4.57 Å². The van der Waals surface area contributed by atoms with Gasteiger partial charge in [0.25, 0.3) is 0 Å². The van der Waals surface area contributed by atoms with E-state index in [0.29, 0.717) is 30.4 Å². The lowest BCUT2D eigenvalue weighted by Gasteiger charge is -2.33. The summed E-state index contributed by atoms with van der Waals surface area (Å²) in [5, 5.41) is 0.658. The van der Waals surface area contributed by atoms with E-state index in [2.05, 4.69) is 6.07 Å². The molecule has 0 aromatic heterocycles. The number of rotatable bonds is 11. The van der Waals surface area contributed by atoms with E-state index in [1.54, 1.807) is 6.92 Å². The molecule has 0 amide bonds. The normalized spacial score (nSPS) is 17.6. The summed E-state index contributed by atoms with van der Waals surface area (Å²) in [6.07, 6.45) is 1.19. The molecule has 0 aliphatic carbocycles. The molecule has 7 nitrogen and oxygen atoms in total. The third-order valence-corrected chi connectivity index (χ3v) is 8.63. The van der Waals surface area contributed by atoms with Gasteiger partial charge in [-0.15, -0.1) is 0 Å². The summed E-state index contributed by atoms with van der Waals surface area (Å²) in [7, 11) is -3.91. The highest BCUT2D eigenvalue weighted by Gasteiger charge is 2.43. The summed E-state index contributed by atoms with van der Waals surface area (Å²) in [5.41, 5.74) is 0.799. The molecular formula is C33H41ClNO6P. The van der Waals surface area contributed by atoms with Gasteiger partial charge in [-0.1, -0.05) is 54.1 Å². The summed E-state index contributed by atoms with van der Waals surface area (Å²) < 4.78 is 42.8. The zero-order valence-electron chi connectivity index (χ0n) is 25.5. The quantitative estimate of drug-likeness (QED) is 0.200. The second-order valence-electron chi connectivity index (χ2n) is 12.5. The number of aryl methyl sites for hydroxylation is 1. The van der Waals surface area contributed by atoms with Crippen LogP contribution in [-0.2, 0) is 29.3 Å². The highest BCUT2D eigenvalue weighted by Crippen LogP contribution is 2.56. The minimum atomic E-state index is -3.91. The van der Waals surface area contributed by atoms with E-state index in [0.717, 1.165) is 28.2 Å². The lowest BCUT2D eigenvalue weighted by Crippen LogP contribution is -2.36. The van der Waals surface area contributed by atoms with Crippen molar-refractivity contribution in [2.75, 3.05) is 13.2 Å². The number of benzene rings is 3. The predicted octanol–water partition coefficient (Wildman–Crippen LogP) is 9.67. The number of nitrogens with zero attached hydrogens (tertiary/aromatic N) is 1. The van der Waals surface area contributed by atoms with Crippen LogP contribution < -0.4 is 4.74 Å². The van der Waals surface area contributed by atoms with Crippen LogP contribution in [0.5, 0.6) is 11.5 Å². The SMILES string of the molecule is CC1=NC(CCc2ccc(-c3ccc(Oc4ccccc4)cc3)cc2Cl)(COP(=O)(OC(C)(C)C)OC(C)(C)C)CO1. The Morgan fingerprint density at radius 2 is 1.48 bits per heavy atom. The highest BCUT2D eigenvalue weighted by atomic mass is 35.5. The van der Waals surface area contributed by atoms with Crippen molar-refractivity contribution in [2.45, 2.75) is 78.0 Å². The van der Waals surface area contributed by atoms with E-state index in [1.807, 2.05) is 108 Å². The van der Waals surface area contributed by atoms with E-state index in [4.69, 9.17) is 39.6 Å². The van der Waals surface area contributed by atoms with Crippen LogP contribution in [0.2, 0.25) is 5.02 Å². The van der Waals surface area contributed by atoms with Gasteiger partial charge in [-0.05, 0) is 101 Å². The van der Waals surface area contributed by atoms with Gasteiger partial charge < -0.3 is 9.47 Å². The number of para-hydroxylation sites is 1. The van der Waals surface area contributed by atoms with Gasteiger partial charge in [0.15, 0.2) is 5.90 Å². The second kappa shape index (κ2) is 12.9. The summed E-state index contributed by atoms with van der Waals surface area (Å²) in [5.74, 6) is 2.11. The lowest BCUT2D eigenvalue weighted by atomic mass is 9.93. The van der Waals surface area contributed by atoms with Crippen molar-refractivity contribution in [1.82, 2.24) is 0 Å². The third-order valence-electron chi connectivity index (χ3n) is 6.29. The Labute approximate surface area is 254 Å². The van der Waals surface area contributed by atoms with Crippen molar-refractivity contribution in [1.29, 1.82) is 0 Å². The molecule has 1 aliphatic rings. The highest BCUT2D eigenvalue weighted by molar-refractivity contribution is 7.48. The van der Waals surface area contributed by atoms with Crippen LogP contribution in [0.3, 0.4) is 0 Å². The van der Waals surface area contributed by atoms with Crippen LogP contribution in [0.25, 0.3) is 11.1 Å². The van der Waals surface area contributed by atoms with Crippen molar-refractivity contribution < 1.29 is 27.6 Å². The molecule has 0 bridgehead atoms. The molecule has 0 saturated heterocycles. The van der Waals surface area contributed by atoms with E-state index in [-0.39, 0.29) is 6.61 Å². The molecule has 9 heteroatoms. The zero-order chi connectivity index (χ0) is 30.6. The Balaban J connectivity index is 1.44. The fourth-order valence-corrected chi connectivity index (χ4v) is 6.65. The van der Waals surface area contributed by atoms with Crippen LogP contribution in [0.1, 0.15) is 60.5 Å². The third kappa shape index (κ3) is 9.42. The van der Waals surface area contributed by atoms with E-state index < -0.39 is 24.6 Å². The Morgan fingerprint density at radius 3 is 2.02 bits per heavy atom. The Bertz CT molecular complexity index is 1410. The average Bonchev–Trinajstić information content (AvgIpc) is 3.27. The number of phosphoric acid groups is 1. The lowest BCUT2D eigenvalue weighted by molar-refractivity contribution is -0.00465. The topological polar surface area (TPSA) is 75.6 Å². The Hall–Kier alpha value is -2.67. The molecule has 226 valence electrons. The first-order valence-electron chi connectivity index (χ1n) is 14.1. The number of aliphatic imine (C=N–C) groups is 1. The van der Waals surface area contributed by atoms with Gasteiger partial charge >= 0.3 is 7.82 Å². The van der Waals surface area contributed by atoms with Gasteiger partial charge in [0.1, 0.15) is 23.6 Å². The zero-order valence-corrected chi connectivity index (χ0v) is 27.1. The van der Waals surface area contributed by atoms with Crippen LogP contribution in [-0.4, -0.2) is 35.9 Å². The van der Waals surface area contributed by atoms with Crippen LogP contribution in [0, 0.1) is 0 Å².